The Morgan fingerprint density at radius 1 is 1.07 bits per heavy atom. The number of hydrogen-bond donors (Lipinski definition) is 3. The van der Waals surface area contributed by atoms with Crippen LogP contribution in [0.5, 0.6) is 0 Å². The third kappa shape index (κ3) is 10.5. The van der Waals surface area contributed by atoms with Gasteiger partial charge in [0.1, 0.15) is 11.2 Å². The fraction of sp³-hybridized carbons (Fsp3) is 0.667. The molecule has 2 saturated carbocycles. The van der Waals surface area contributed by atoms with Gasteiger partial charge in [0.2, 0.25) is 0 Å². The fourth-order valence-electron chi connectivity index (χ4n) is 6.41. The van der Waals surface area contributed by atoms with Crippen LogP contribution >= 0.6 is 11.8 Å². The molecular weight excluding hydrogens is 523 g/mol. The summed E-state index contributed by atoms with van der Waals surface area (Å²) < 4.78 is 13.1. The van der Waals surface area contributed by atoms with Gasteiger partial charge in [-0.3, -0.25) is 0 Å². The summed E-state index contributed by atoms with van der Waals surface area (Å²) in [4.78, 5) is 14.0. The third-order valence-corrected chi connectivity index (χ3v) is 9.99. The van der Waals surface area contributed by atoms with E-state index in [-0.39, 0.29) is 11.2 Å². The van der Waals surface area contributed by atoms with Crippen LogP contribution in [0.2, 0.25) is 0 Å². The van der Waals surface area contributed by atoms with Crippen LogP contribution in [0.25, 0.3) is 0 Å². The van der Waals surface area contributed by atoms with Crippen molar-refractivity contribution in [3.8, 4) is 0 Å². The molecule has 1 aromatic rings. The number of benzene rings is 1. The summed E-state index contributed by atoms with van der Waals surface area (Å²) in [5.41, 5.74) is 6.47. The summed E-state index contributed by atoms with van der Waals surface area (Å²) >= 11 is 1.56. The van der Waals surface area contributed by atoms with Crippen molar-refractivity contribution in [2.45, 2.75) is 102 Å². The molecule has 5 atom stereocenters. The Hall–Kier alpha value is -1.83. The van der Waals surface area contributed by atoms with E-state index in [0.29, 0.717) is 29.2 Å². The SMILES string of the molecule is CCCCCCCCCCN.O=C(O)C1=CC=CN(CC2CC3CCC2C3)C1SCCC(O)c1ccc(F)cc1. The number of carboxylic acids is 1. The summed E-state index contributed by atoms with van der Waals surface area (Å²) in [6.07, 6.45) is 21.6. The lowest BCUT2D eigenvalue weighted by Gasteiger charge is -2.36. The number of allylic oxidation sites excluding steroid dienone is 2. The molecule has 4 rings (SSSR count). The zero-order valence-electron chi connectivity index (χ0n) is 24.4. The van der Waals surface area contributed by atoms with E-state index >= 15 is 0 Å². The molecule has 0 radical (unpaired) electrons. The Labute approximate surface area is 245 Å². The number of nitrogens with zero attached hydrogens (tertiary/aromatic N) is 1. The largest absolute Gasteiger partial charge is 0.478 e. The van der Waals surface area contributed by atoms with Crippen LogP contribution in [-0.2, 0) is 4.79 Å². The lowest BCUT2D eigenvalue weighted by molar-refractivity contribution is -0.133. The van der Waals surface area contributed by atoms with Crippen LogP contribution in [0.3, 0.4) is 0 Å². The molecule has 0 aromatic heterocycles. The highest BCUT2D eigenvalue weighted by Crippen LogP contribution is 2.49. The fourth-order valence-corrected chi connectivity index (χ4v) is 7.70. The van der Waals surface area contributed by atoms with E-state index in [2.05, 4.69) is 11.8 Å². The van der Waals surface area contributed by atoms with Crippen molar-refractivity contribution >= 4 is 17.7 Å². The summed E-state index contributed by atoms with van der Waals surface area (Å²) in [7, 11) is 0. The molecule has 0 amide bonds. The molecular formula is C33H51FN2O3S. The van der Waals surface area contributed by atoms with E-state index in [1.807, 2.05) is 12.3 Å². The van der Waals surface area contributed by atoms with Crippen molar-refractivity contribution in [1.82, 2.24) is 4.90 Å². The third-order valence-electron chi connectivity index (χ3n) is 8.68. The highest BCUT2D eigenvalue weighted by molar-refractivity contribution is 8.00. The molecule has 5 unspecified atom stereocenters. The second-order valence-corrected chi connectivity index (χ2v) is 12.9. The van der Waals surface area contributed by atoms with E-state index in [0.717, 1.165) is 24.9 Å². The molecule has 2 bridgehead atoms. The van der Waals surface area contributed by atoms with Gasteiger partial charge in [0.25, 0.3) is 0 Å². The Morgan fingerprint density at radius 3 is 2.38 bits per heavy atom. The number of aliphatic hydroxyl groups excluding tert-OH is 1. The van der Waals surface area contributed by atoms with Crippen LogP contribution < -0.4 is 5.73 Å². The first-order valence-electron chi connectivity index (χ1n) is 15.6. The molecule has 3 aliphatic rings. The molecule has 0 saturated heterocycles. The number of nitrogens with two attached hydrogens (primary N) is 1. The van der Waals surface area contributed by atoms with Crippen LogP contribution in [0.15, 0.2) is 48.2 Å². The van der Waals surface area contributed by atoms with Crippen molar-refractivity contribution in [2.24, 2.45) is 23.5 Å². The van der Waals surface area contributed by atoms with Gasteiger partial charge in [0.05, 0.1) is 11.7 Å². The van der Waals surface area contributed by atoms with Crippen molar-refractivity contribution in [3.05, 3.63) is 59.6 Å². The number of rotatable bonds is 16. The maximum absolute atomic E-state index is 13.1. The minimum absolute atomic E-state index is 0.239. The Morgan fingerprint density at radius 2 is 1.77 bits per heavy atom. The standard InChI is InChI=1S/C23H28FNO3S.C10H23N/c24-19-7-5-16(6-8-19)21(26)9-11-29-22-20(23(27)28)2-1-10-25(22)14-18-13-15-3-4-17(18)12-15;1-2-3-4-5-6-7-8-9-10-11/h1-2,5-8,10,15,17-18,21-22,26H,3-4,9,11-14H2,(H,27,28);2-11H2,1H3. The summed E-state index contributed by atoms with van der Waals surface area (Å²) in [5, 5.41) is 19.8. The Kier molecular flexibility index (Phi) is 14.6. The summed E-state index contributed by atoms with van der Waals surface area (Å²) in [5.74, 6) is 1.72. The number of carbonyl (C=O) groups is 1. The van der Waals surface area contributed by atoms with Gasteiger partial charge in [0.15, 0.2) is 0 Å². The highest BCUT2D eigenvalue weighted by atomic mass is 32.2. The van der Waals surface area contributed by atoms with Gasteiger partial charge in [-0.15, -0.1) is 11.8 Å². The van der Waals surface area contributed by atoms with Gasteiger partial charge in [-0.25, -0.2) is 9.18 Å². The number of aliphatic carboxylic acids is 1. The predicted molar refractivity (Wildman–Crippen MR) is 164 cm³/mol. The lowest BCUT2D eigenvalue weighted by atomic mass is 9.88. The molecule has 2 aliphatic carbocycles. The van der Waals surface area contributed by atoms with Crippen molar-refractivity contribution in [3.63, 3.8) is 0 Å². The number of thioether (sulfide) groups is 1. The number of carboxylic acid groups (broad SMARTS) is 1. The highest BCUT2D eigenvalue weighted by Gasteiger charge is 2.41. The molecule has 224 valence electrons. The van der Waals surface area contributed by atoms with E-state index in [1.54, 1.807) is 30.0 Å². The van der Waals surface area contributed by atoms with Crippen molar-refractivity contribution < 1.29 is 19.4 Å². The molecule has 2 fully saturated rings. The van der Waals surface area contributed by atoms with Gasteiger partial charge in [0, 0.05) is 12.7 Å². The quantitative estimate of drug-likeness (QED) is 0.176. The van der Waals surface area contributed by atoms with E-state index in [4.69, 9.17) is 5.73 Å². The minimum Gasteiger partial charge on any atom is -0.478 e. The molecule has 7 heteroatoms. The van der Waals surface area contributed by atoms with Gasteiger partial charge in [-0.2, -0.15) is 0 Å². The minimum atomic E-state index is -0.885. The van der Waals surface area contributed by atoms with Crippen molar-refractivity contribution in [1.29, 1.82) is 0 Å². The lowest BCUT2D eigenvalue weighted by Crippen LogP contribution is -2.39. The molecule has 40 heavy (non-hydrogen) atoms. The molecule has 1 aliphatic heterocycles. The summed E-state index contributed by atoms with van der Waals surface area (Å²) in [6.45, 7) is 4.03. The maximum atomic E-state index is 13.1. The van der Waals surface area contributed by atoms with Gasteiger partial charge in [-0.1, -0.05) is 70.4 Å². The van der Waals surface area contributed by atoms with Crippen molar-refractivity contribution in [2.75, 3.05) is 18.8 Å². The smallest absolute Gasteiger partial charge is 0.334 e. The van der Waals surface area contributed by atoms with E-state index in [1.165, 1.54) is 89.2 Å². The number of halogens is 1. The Bertz CT molecular complexity index is 930. The number of hydrogen-bond acceptors (Lipinski definition) is 5. The van der Waals surface area contributed by atoms with E-state index in [9.17, 15) is 19.4 Å². The summed E-state index contributed by atoms with van der Waals surface area (Å²) in [6, 6.07) is 5.88. The monoisotopic (exact) mass is 574 g/mol. The molecule has 1 heterocycles. The van der Waals surface area contributed by atoms with Gasteiger partial charge in [-0.05, 0) is 92.0 Å². The number of fused-ring (bicyclic) bond motifs is 2. The first kappa shape index (κ1) is 32.7. The maximum Gasteiger partial charge on any atom is 0.334 e. The Balaban J connectivity index is 0.000000342. The normalized spacial score (nSPS) is 24.0. The first-order valence-corrected chi connectivity index (χ1v) is 16.6. The zero-order valence-corrected chi connectivity index (χ0v) is 25.2. The van der Waals surface area contributed by atoms with E-state index < -0.39 is 12.1 Å². The first-order chi connectivity index (χ1) is 19.4. The van der Waals surface area contributed by atoms with Crippen LogP contribution in [0.1, 0.15) is 102 Å². The number of aliphatic hydroxyl groups is 1. The number of unbranched alkanes of at least 4 members (excludes halogenated alkanes) is 7. The second kappa shape index (κ2) is 17.9. The predicted octanol–water partition coefficient (Wildman–Crippen LogP) is 7.67. The van der Waals surface area contributed by atoms with Crippen LogP contribution in [0.4, 0.5) is 4.39 Å². The topological polar surface area (TPSA) is 86.8 Å². The molecule has 0 spiro atoms. The van der Waals surface area contributed by atoms with Gasteiger partial charge < -0.3 is 20.8 Å². The molecule has 1 aromatic carbocycles. The van der Waals surface area contributed by atoms with Gasteiger partial charge >= 0.3 is 5.97 Å². The van der Waals surface area contributed by atoms with Crippen LogP contribution in [-0.4, -0.2) is 45.3 Å². The molecule has 5 nitrogen and oxygen atoms in total. The van der Waals surface area contributed by atoms with Crippen LogP contribution in [0, 0.1) is 23.6 Å². The average Bonchev–Trinajstić information content (AvgIpc) is 3.57. The zero-order chi connectivity index (χ0) is 28.7. The second-order valence-electron chi connectivity index (χ2n) is 11.7. The molecule has 4 N–H and O–H groups in total. The average molecular weight is 575 g/mol.